The van der Waals surface area contributed by atoms with E-state index in [1.165, 1.54) is 12.3 Å². The fourth-order valence-electron chi connectivity index (χ4n) is 7.76. The van der Waals surface area contributed by atoms with Crippen LogP contribution in [-0.2, 0) is 15.7 Å². The van der Waals surface area contributed by atoms with Gasteiger partial charge in [0.2, 0.25) is 0 Å². The minimum absolute atomic E-state index is 0.0173. The van der Waals surface area contributed by atoms with E-state index in [0.29, 0.717) is 35.9 Å². The van der Waals surface area contributed by atoms with E-state index in [-0.39, 0.29) is 23.4 Å². The molecule has 0 amide bonds. The number of carboxylic acids is 1. The van der Waals surface area contributed by atoms with Crippen LogP contribution in [0.1, 0.15) is 62.1 Å². The van der Waals surface area contributed by atoms with Gasteiger partial charge in [-0.25, -0.2) is 9.97 Å². The molecule has 266 valence electrons. The van der Waals surface area contributed by atoms with Gasteiger partial charge in [-0.1, -0.05) is 12.8 Å². The maximum atomic E-state index is 14.2. The Bertz CT molecular complexity index is 1830. The summed E-state index contributed by atoms with van der Waals surface area (Å²) >= 11 is 0. The first-order valence-electron chi connectivity index (χ1n) is 17.5. The zero-order chi connectivity index (χ0) is 35.0. The molecule has 2 saturated carbocycles. The molecule has 3 fully saturated rings. The molecule has 1 saturated heterocycles. The second-order valence-electron chi connectivity index (χ2n) is 14.3. The third-order valence-corrected chi connectivity index (χ3v) is 10.5. The van der Waals surface area contributed by atoms with Crippen molar-refractivity contribution in [3.8, 4) is 22.6 Å². The van der Waals surface area contributed by atoms with E-state index in [2.05, 4.69) is 36.8 Å². The van der Waals surface area contributed by atoms with Gasteiger partial charge >= 0.3 is 12.1 Å². The molecule has 4 heterocycles. The summed E-state index contributed by atoms with van der Waals surface area (Å²) in [5, 5.41) is 9.00. The Morgan fingerprint density at radius 3 is 2.42 bits per heavy atom. The number of anilines is 2. The molecule has 0 bridgehead atoms. The standard InChI is InChI=1S/C37H44F3N7O3/c1-45(22-36(23-50-2)12-3-4-13-36)30-20-29(26-19-28(37(38,39)40)32(41-21-26)24-5-6-24)42-35-33(30)43-34(44-35)25-7-9-27(10-8-25)47-17-15-46(16-18-47)14-11-31(48)49/h7-10,19-21,24H,3-6,11-18,22-23H2,1-2H3,(H,48,49)(H,42,43,44). The fourth-order valence-corrected chi connectivity index (χ4v) is 7.76. The Morgan fingerprint density at radius 2 is 1.78 bits per heavy atom. The number of ether oxygens (including phenoxy) is 1. The number of aromatic nitrogens is 4. The normalized spacial score (nSPS) is 18.2. The summed E-state index contributed by atoms with van der Waals surface area (Å²) in [7, 11) is 3.74. The summed E-state index contributed by atoms with van der Waals surface area (Å²) < 4.78 is 48.3. The van der Waals surface area contributed by atoms with Crippen LogP contribution in [-0.4, -0.2) is 95.9 Å². The maximum absolute atomic E-state index is 14.2. The largest absolute Gasteiger partial charge is 0.481 e. The van der Waals surface area contributed by atoms with E-state index >= 15 is 0 Å². The summed E-state index contributed by atoms with van der Waals surface area (Å²) in [6.07, 6.45) is 2.96. The van der Waals surface area contributed by atoms with E-state index in [9.17, 15) is 18.0 Å². The molecule has 50 heavy (non-hydrogen) atoms. The molecule has 1 aliphatic heterocycles. The van der Waals surface area contributed by atoms with E-state index in [1.54, 1.807) is 7.11 Å². The van der Waals surface area contributed by atoms with Crippen LogP contribution < -0.4 is 9.80 Å². The molecule has 0 atom stereocenters. The van der Waals surface area contributed by atoms with E-state index in [4.69, 9.17) is 19.8 Å². The first kappa shape index (κ1) is 34.2. The third-order valence-electron chi connectivity index (χ3n) is 10.5. The number of piperazine rings is 1. The predicted octanol–water partition coefficient (Wildman–Crippen LogP) is 6.82. The third kappa shape index (κ3) is 7.29. The number of carbonyl (C=O) groups is 1. The number of H-pyrrole nitrogens is 1. The lowest BCUT2D eigenvalue weighted by Crippen LogP contribution is -2.46. The Hall–Kier alpha value is -4.23. The summed E-state index contributed by atoms with van der Waals surface area (Å²) in [6, 6.07) is 11.2. The number of methoxy groups -OCH3 is 1. The topological polar surface area (TPSA) is 111 Å². The molecule has 4 aromatic rings. The number of rotatable bonds is 12. The lowest BCUT2D eigenvalue weighted by molar-refractivity contribution is -0.139. The van der Waals surface area contributed by atoms with Crippen LogP contribution >= 0.6 is 0 Å². The quantitative estimate of drug-likeness (QED) is 0.165. The van der Waals surface area contributed by atoms with Crippen LogP contribution in [0.15, 0.2) is 42.6 Å². The van der Waals surface area contributed by atoms with Crippen molar-refractivity contribution in [3.05, 3.63) is 53.9 Å². The lowest BCUT2D eigenvalue weighted by Gasteiger charge is -2.35. The number of nitrogens with zero attached hydrogens (tertiary/aromatic N) is 6. The summed E-state index contributed by atoms with van der Waals surface area (Å²) in [6.45, 7) is 5.14. The number of hydrogen-bond donors (Lipinski definition) is 2. The second kappa shape index (κ2) is 13.8. The minimum atomic E-state index is -4.51. The number of aliphatic carboxylic acids is 1. The number of fused-ring (bicyclic) bond motifs is 1. The van der Waals surface area contributed by atoms with Gasteiger partial charge in [0, 0.05) is 87.8 Å². The Kier molecular flexibility index (Phi) is 9.46. The predicted molar refractivity (Wildman–Crippen MR) is 186 cm³/mol. The Morgan fingerprint density at radius 1 is 1.06 bits per heavy atom. The molecule has 0 spiro atoms. The number of aromatic amines is 1. The van der Waals surface area contributed by atoms with Gasteiger partial charge in [-0.3, -0.25) is 14.7 Å². The van der Waals surface area contributed by atoms with Crippen molar-refractivity contribution in [1.82, 2.24) is 24.8 Å². The van der Waals surface area contributed by atoms with Crippen LogP contribution in [0.4, 0.5) is 24.5 Å². The van der Waals surface area contributed by atoms with Crippen molar-refractivity contribution in [2.45, 2.75) is 57.0 Å². The minimum Gasteiger partial charge on any atom is -0.481 e. The van der Waals surface area contributed by atoms with Crippen LogP contribution in [0.5, 0.6) is 0 Å². The number of imidazole rings is 1. The highest BCUT2D eigenvalue weighted by Crippen LogP contribution is 2.46. The molecule has 10 nitrogen and oxygen atoms in total. The maximum Gasteiger partial charge on any atom is 0.418 e. The van der Waals surface area contributed by atoms with Gasteiger partial charge < -0.3 is 24.6 Å². The molecule has 13 heteroatoms. The smallest absolute Gasteiger partial charge is 0.418 e. The average Bonchev–Trinajstić information content (AvgIpc) is 3.70. The second-order valence-corrected chi connectivity index (χ2v) is 14.3. The molecule has 0 unspecified atom stereocenters. The van der Waals surface area contributed by atoms with Crippen molar-refractivity contribution in [3.63, 3.8) is 0 Å². The molecule has 2 aliphatic carbocycles. The molecule has 0 radical (unpaired) electrons. The molecule has 7 rings (SSSR count). The first-order valence-corrected chi connectivity index (χ1v) is 17.5. The number of alkyl halides is 3. The Labute approximate surface area is 289 Å². The number of halogens is 3. The lowest BCUT2D eigenvalue weighted by atomic mass is 9.86. The van der Waals surface area contributed by atoms with Crippen molar-refractivity contribution in [2.75, 3.05) is 69.8 Å². The average molecular weight is 692 g/mol. The number of benzene rings is 1. The highest BCUT2D eigenvalue weighted by Gasteiger charge is 2.40. The zero-order valence-corrected chi connectivity index (χ0v) is 28.6. The van der Waals surface area contributed by atoms with E-state index in [1.807, 2.05) is 25.2 Å². The van der Waals surface area contributed by atoms with Gasteiger partial charge in [-0.2, -0.15) is 13.2 Å². The Balaban J connectivity index is 1.21. The van der Waals surface area contributed by atoms with Crippen molar-refractivity contribution >= 4 is 28.5 Å². The zero-order valence-electron chi connectivity index (χ0n) is 28.6. The molecule has 2 N–H and O–H groups in total. The van der Waals surface area contributed by atoms with Crippen LogP contribution in [0.3, 0.4) is 0 Å². The van der Waals surface area contributed by atoms with Crippen molar-refractivity contribution in [1.29, 1.82) is 0 Å². The number of pyridine rings is 2. The van der Waals surface area contributed by atoms with Crippen molar-refractivity contribution in [2.24, 2.45) is 5.41 Å². The van der Waals surface area contributed by atoms with Gasteiger partial charge in [-0.15, -0.1) is 0 Å². The number of nitrogens with one attached hydrogen (secondary N) is 1. The summed E-state index contributed by atoms with van der Waals surface area (Å²) in [5.74, 6) is -0.303. The highest BCUT2D eigenvalue weighted by molar-refractivity contribution is 5.91. The summed E-state index contributed by atoms with van der Waals surface area (Å²) in [4.78, 5) is 35.1. The van der Waals surface area contributed by atoms with Gasteiger partial charge in [0.05, 0.1) is 35.7 Å². The number of carboxylic acid groups (broad SMARTS) is 1. The van der Waals surface area contributed by atoms with Gasteiger partial charge in [0.15, 0.2) is 5.65 Å². The number of hydrogen-bond acceptors (Lipinski definition) is 8. The SMILES string of the molecule is COCC1(CN(C)c2cc(-c3cnc(C4CC4)c(C(F)(F)F)c3)nc3nc(-c4ccc(N5CCN(CCC(=O)O)CC5)cc4)[nH]c23)CCCC1. The molecular weight excluding hydrogens is 647 g/mol. The molecule has 3 aromatic heterocycles. The van der Waals surface area contributed by atoms with Crippen molar-refractivity contribution < 1.29 is 27.8 Å². The van der Waals surface area contributed by atoms with E-state index < -0.39 is 17.7 Å². The first-order chi connectivity index (χ1) is 24.0. The molecule has 1 aromatic carbocycles. The van der Waals surface area contributed by atoms with Gasteiger partial charge in [0.1, 0.15) is 11.3 Å². The van der Waals surface area contributed by atoms with Crippen LogP contribution in [0, 0.1) is 5.41 Å². The van der Waals surface area contributed by atoms with Gasteiger partial charge in [-0.05, 0) is 62.1 Å². The van der Waals surface area contributed by atoms with Crippen LogP contribution in [0.2, 0.25) is 0 Å². The molecule has 3 aliphatic rings. The highest BCUT2D eigenvalue weighted by atomic mass is 19.4. The van der Waals surface area contributed by atoms with Crippen LogP contribution in [0.25, 0.3) is 33.8 Å². The molecular formula is C37H44F3N7O3. The summed E-state index contributed by atoms with van der Waals surface area (Å²) in [5.41, 5.74) is 4.00. The van der Waals surface area contributed by atoms with Gasteiger partial charge in [0.25, 0.3) is 0 Å². The van der Waals surface area contributed by atoms with E-state index in [0.717, 1.165) is 93.7 Å². The monoisotopic (exact) mass is 691 g/mol. The fraction of sp³-hybridized carbons (Fsp3) is 0.514.